The molecule has 18 N–H and O–H groups in total. The first-order valence-corrected chi connectivity index (χ1v) is 48.7. The number of rotatable bonds is 28. The highest BCUT2D eigenvalue weighted by Crippen LogP contribution is 2.38. The molecule has 135 heavy (non-hydrogen) atoms. The van der Waals surface area contributed by atoms with Crippen molar-refractivity contribution in [2.24, 2.45) is 34.4 Å². The van der Waals surface area contributed by atoms with Crippen LogP contribution in [0.5, 0.6) is 11.5 Å². The molecule has 6 unspecified atom stereocenters. The molecule has 8 heterocycles. The molecule has 13 rings (SSSR count). The number of alkyl halides is 6. The Morgan fingerprint density at radius 2 is 0.859 bits per heavy atom. The molecule has 45 heteroatoms. The number of carbonyl (C=O) groups excluding carboxylic acids is 6. The minimum absolute atomic E-state index is 0.0109. The van der Waals surface area contributed by atoms with Crippen LogP contribution in [0.15, 0.2) is 168 Å². The van der Waals surface area contributed by atoms with Gasteiger partial charge in [-0.15, -0.1) is 68.0 Å². The Kier molecular flexibility index (Phi) is 40.4. The summed E-state index contributed by atoms with van der Waals surface area (Å²) in [6.07, 6.45) is 3.09. The standard InChI is InChI=1S/C19H23F3N4O2S.C16H18F3N3O3S.C16H21N3OS.C13H18N4O2S.C13H15N3O3S2.C13H15N3OS/c1-12(23)18-24-11-16(29-18)17(27)25-14-8-13(19(20,21)22)9-15(10-14)28-7-6-26-4-2-3-5-26;1-9(20)15-21-8-13(26-15)14(23)22-11-7-10(16(17,18)19)3-4-12(11)25-6-5-24-2;1-10(17)15-18-9-13(21-15)14(20)19-12-7-5-6-11(8-12)16(2,3)4;1-7(14)12-15-6-8(20-12)11(18)16-10-5-9(19-17-10)13(2,3)4;1-8(14)13-15-7-11(20-13)12(17)16-9-4-3-5-10(6-9)21(2,18)19;1-9(14)13-16-8-11(18-13)12(17)15-7-10-5-3-2-4-6-10/h8-12H,2-7,23H2,1H3,(H,25,27);3-4,7-9H,5-6,20H2,1-2H3,(H,22,23);5-10H,17H2,1-4H3,(H,19,20);5-7H,14H2,1-4H3,(H,16,17,18);3-8H,14H2,1-2H3,(H,16,17);2-6,8-9H,7,14H2,1H3,(H,15,17). The maximum atomic E-state index is 13.3. The molecule has 6 amide bonds. The number of benzene rings is 5. The van der Waals surface area contributed by atoms with Crippen LogP contribution in [0.3, 0.4) is 0 Å². The zero-order chi connectivity index (χ0) is 99.5. The second-order valence-electron chi connectivity index (χ2n) is 32.7. The molecule has 1 aliphatic rings. The van der Waals surface area contributed by atoms with Gasteiger partial charge in [0.15, 0.2) is 15.7 Å². The third-order valence-corrected chi connectivity index (χ3v) is 26.9. The third kappa shape index (κ3) is 35.1. The van der Waals surface area contributed by atoms with Crippen molar-refractivity contribution >= 4 is 142 Å². The Morgan fingerprint density at radius 1 is 0.444 bits per heavy atom. The topological polar surface area (TPSA) is 499 Å². The molecule has 0 aliphatic carbocycles. The van der Waals surface area contributed by atoms with Crippen LogP contribution in [0.25, 0.3) is 0 Å². The number of thiazole rings is 6. The zero-order valence-electron chi connectivity index (χ0n) is 76.4. The molecule has 7 aromatic heterocycles. The van der Waals surface area contributed by atoms with Gasteiger partial charge in [0.2, 0.25) is 0 Å². The average Bonchev–Trinajstić information content (AvgIpc) is 1.64. The number of ether oxygens (including phenoxy) is 3. The van der Waals surface area contributed by atoms with Crippen LogP contribution in [0, 0.1) is 0 Å². The van der Waals surface area contributed by atoms with E-state index in [1.165, 1.54) is 101 Å². The molecule has 12 aromatic rings. The molecule has 1 fully saturated rings. The first-order valence-electron chi connectivity index (χ1n) is 41.9. The highest BCUT2D eigenvalue weighted by Gasteiger charge is 2.34. The Balaban J connectivity index is 0.000000201. The van der Waals surface area contributed by atoms with Gasteiger partial charge in [-0.3, -0.25) is 33.7 Å². The van der Waals surface area contributed by atoms with E-state index >= 15 is 0 Å². The van der Waals surface area contributed by atoms with Crippen molar-refractivity contribution in [2.75, 3.05) is 79.4 Å². The summed E-state index contributed by atoms with van der Waals surface area (Å²) in [5.41, 5.74) is 35.8. The number of hydrogen-bond acceptors (Lipinski definition) is 32. The van der Waals surface area contributed by atoms with Crippen LogP contribution in [-0.2, 0) is 44.3 Å². The van der Waals surface area contributed by atoms with Gasteiger partial charge in [-0.1, -0.05) is 95.2 Å². The monoisotopic (exact) mass is 2000 g/mol. The summed E-state index contributed by atoms with van der Waals surface area (Å²) in [4.78, 5) is 102. The van der Waals surface area contributed by atoms with Crippen molar-refractivity contribution in [3.63, 3.8) is 0 Å². The van der Waals surface area contributed by atoms with Crippen molar-refractivity contribution in [1.82, 2.24) is 45.3 Å². The number of halogens is 6. The summed E-state index contributed by atoms with van der Waals surface area (Å²) in [6, 6.07) is 30.3. The van der Waals surface area contributed by atoms with E-state index in [2.05, 4.69) is 98.7 Å². The summed E-state index contributed by atoms with van der Waals surface area (Å²) in [7, 11) is -1.84. The number of methoxy groups -OCH3 is 1. The second-order valence-corrected chi connectivity index (χ2v) is 41.1. The number of nitrogens with two attached hydrogens (primary N) is 6. The largest absolute Gasteiger partial charge is 0.492 e. The third-order valence-electron chi connectivity index (χ3n) is 18.6. The van der Waals surface area contributed by atoms with Crippen LogP contribution < -0.4 is 75.8 Å². The fourth-order valence-corrected chi connectivity index (χ4v) is 16.6. The summed E-state index contributed by atoms with van der Waals surface area (Å²) >= 11 is 7.33. The lowest BCUT2D eigenvalue weighted by Crippen LogP contribution is -2.25. The SMILES string of the molecule is CC(N)c1ncc(C(=O)NCc2ccccc2)s1.CC(N)c1ncc(C(=O)Nc2cc(C(C)(C)C)on2)s1.CC(N)c1ncc(C(=O)Nc2cc(OCCN3CCCC3)cc(C(F)(F)F)c2)s1.CC(N)c1ncc(C(=O)Nc2cccc(C(C)(C)C)c2)s1.CC(N)c1ncc(C(=O)Nc2cccc(S(C)(=O)=O)c2)s1.COCCOc1ccc(C(F)(F)F)cc1NC(=O)c1cnc(C(C)N)s1. The van der Waals surface area contributed by atoms with E-state index in [4.69, 9.17) is 53.1 Å². The molecule has 726 valence electrons. The van der Waals surface area contributed by atoms with E-state index in [0.717, 1.165) is 111 Å². The lowest BCUT2D eigenvalue weighted by Gasteiger charge is -2.19. The van der Waals surface area contributed by atoms with Crippen LogP contribution in [0.1, 0.15) is 248 Å². The van der Waals surface area contributed by atoms with Gasteiger partial charge in [0.1, 0.15) is 89.8 Å². The molecule has 1 saturated heterocycles. The van der Waals surface area contributed by atoms with Crippen molar-refractivity contribution in [2.45, 2.75) is 167 Å². The summed E-state index contributed by atoms with van der Waals surface area (Å²) in [6.45, 7) is 27.0. The van der Waals surface area contributed by atoms with Crippen LogP contribution in [0.4, 0.5) is 54.9 Å². The van der Waals surface area contributed by atoms with Crippen LogP contribution in [-0.4, -0.2) is 137 Å². The van der Waals surface area contributed by atoms with Gasteiger partial charge in [0.25, 0.3) is 35.4 Å². The maximum Gasteiger partial charge on any atom is 0.416 e. The minimum atomic E-state index is -4.56. The van der Waals surface area contributed by atoms with E-state index in [9.17, 15) is 63.5 Å². The fourth-order valence-electron chi connectivity index (χ4n) is 11.4. The second kappa shape index (κ2) is 50.0. The summed E-state index contributed by atoms with van der Waals surface area (Å²) in [5, 5.41) is 24.0. The van der Waals surface area contributed by atoms with Crippen LogP contribution in [0.2, 0.25) is 0 Å². The van der Waals surface area contributed by atoms with E-state index in [1.807, 2.05) is 90.1 Å². The zero-order valence-corrected chi connectivity index (χ0v) is 82.1. The number of nitrogens with zero attached hydrogens (tertiary/aromatic N) is 8. The highest BCUT2D eigenvalue weighted by atomic mass is 32.2. The van der Waals surface area contributed by atoms with Crippen molar-refractivity contribution in [3.05, 3.63) is 246 Å². The molecule has 1 aliphatic heterocycles. The number of aromatic nitrogens is 7. The molecular formula is C90H110F6N20O12S7. The highest BCUT2D eigenvalue weighted by molar-refractivity contribution is 7.90. The Bertz CT molecular complexity index is 6010. The molecule has 6 atom stereocenters. The van der Waals surface area contributed by atoms with E-state index in [-0.39, 0.29) is 128 Å². The number of amides is 6. The van der Waals surface area contributed by atoms with Gasteiger partial charge in [-0.05, 0) is 145 Å². The number of hydrogen-bond donors (Lipinski definition) is 12. The maximum absolute atomic E-state index is 13.3. The average molecular weight is 2000 g/mol. The molecule has 5 aromatic carbocycles. The van der Waals surface area contributed by atoms with Crippen LogP contribution >= 0.6 is 68.0 Å². The lowest BCUT2D eigenvalue weighted by atomic mass is 9.87. The molecule has 0 bridgehead atoms. The molecule has 0 spiro atoms. The van der Waals surface area contributed by atoms with Crippen molar-refractivity contribution in [3.8, 4) is 11.5 Å². The first kappa shape index (κ1) is 109. The molecule has 0 saturated carbocycles. The van der Waals surface area contributed by atoms with Gasteiger partial charge in [0, 0.05) is 61.1 Å². The quantitative estimate of drug-likeness (QED) is 0.0160. The first-order chi connectivity index (χ1) is 63.4. The predicted molar refractivity (Wildman–Crippen MR) is 517 cm³/mol. The fraction of sp³-hybridized carbons (Fsp3) is 0.367. The molecule has 32 nitrogen and oxygen atoms in total. The van der Waals surface area contributed by atoms with Crippen molar-refractivity contribution in [1.29, 1.82) is 0 Å². The lowest BCUT2D eigenvalue weighted by molar-refractivity contribution is -0.138. The normalized spacial score (nSPS) is 13.5. The smallest absolute Gasteiger partial charge is 0.416 e. The molecular weight excluding hydrogens is 1890 g/mol. The molecule has 0 radical (unpaired) electrons. The van der Waals surface area contributed by atoms with E-state index in [1.54, 1.807) is 51.4 Å². The number of likely N-dealkylation sites (tertiary alicyclic amines) is 1. The van der Waals surface area contributed by atoms with E-state index < -0.39 is 45.1 Å². The Morgan fingerprint density at radius 3 is 1.27 bits per heavy atom. The Hall–Kier alpha value is -11.3. The van der Waals surface area contributed by atoms with Gasteiger partial charge in [0.05, 0.1) is 102 Å². The van der Waals surface area contributed by atoms with Gasteiger partial charge < -0.3 is 85.0 Å². The Labute approximate surface area is 801 Å². The van der Waals surface area contributed by atoms with Gasteiger partial charge in [-0.25, -0.2) is 38.3 Å². The van der Waals surface area contributed by atoms with Crippen molar-refractivity contribution < 1.29 is 82.3 Å². The number of nitrogens with one attached hydrogen (secondary N) is 6. The number of sulfone groups is 1. The predicted octanol–water partition coefficient (Wildman–Crippen LogP) is 17.7. The summed E-state index contributed by atoms with van der Waals surface area (Å²) in [5.74, 6) is -0.705. The summed E-state index contributed by atoms with van der Waals surface area (Å²) < 4.78 is 123. The number of carbonyl (C=O) groups is 6. The number of anilines is 5. The minimum Gasteiger partial charge on any atom is -0.492 e. The van der Waals surface area contributed by atoms with Gasteiger partial charge >= 0.3 is 12.4 Å². The van der Waals surface area contributed by atoms with Gasteiger partial charge in [-0.2, -0.15) is 26.3 Å². The van der Waals surface area contributed by atoms with E-state index in [0.29, 0.717) is 64.9 Å².